The van der Waals surface area contributed by atoms with Crippen LogP contribution < -0.4 is 5.32 Å². The number of rotatable bonds is 4. The summed E-state index contributed by atoms with van der Waals surface area (Å²) < 4.78 is 0. The van der Waals surface area contributed by atoms with Gasteiger partial charge in [-0.3, -0.25) is 4.79 Å². The molecule has 2 aliphatic rings. The number of likely N-dealkylation sites (tertiary alicyclic amines) is 1. The second kappa shape index (κ2) is 7.66. The number of nitrogens with zero attached hydrogens (tertiary/aromatic N) is 1. The lowest BCUT2D eigenvalue weighted by Crippen LogP contribution is -2.49. The van der Waals surface area contributed by atoms with Gasteiger partial charge in [0.1, 0.15) is 0 Å². The minimum absolute atomic E-state index is 0.0501. The van der Waals surface area contributed by atoms with Crippen molar-refractivity contribution in [1.29, 1.82) is 0 Å². The number of nitrogens with one attached hydrogen (secondary N) is 1. The second-order valence-electron chi connectivity index (χ2n) is 6.80. The standard InChI is InChI=1S/C16H28N2O3/c1-12-4-2-6-14(10-12)17-16(21)18-9-3-5-13(11-18)7-8-15(19)20/h12-14H,2-11H2,1H3,(H,17,21)(H,19,20). The Morgan fingerprint density at radius 1 is 1.24 bits per heavy atom. The minimum atomic E-state index is -0.743. The first-order valence-electron chi connectivity index (χ1n) is 8.32. The normalized spacial score (nSPS) is 30.0. The summed E-state index contributed by atoms with van der Waals surface area (Å²) in [6.45, 7) is 3.76. The lowest BCUT2D eigenvalue weighted by atomic mass is 9.87. The highest BCUT2D eigenvalue weighted by atomic mass is 16.4. The molecule has 0 aromatic carbocycles. The summed E-state index contributed by atoms with van der Waals surface area (Å²) in [7, 11) is 0. The van der Waals surface area contributed by atoms with Crippen LogP contribution in [0.5, 0.6) is 0 Å². The highest BCUT2D eigenvalue weighted by Gasteiger charge is 2.27. The summed E-state index contributed by atoms with van der Waals surface area (Å²) in [6, 6.07) is 0.370. The maximum absolute atomic E-state index is 12.4. The van der Waals surface area contributed by atoms with E-state index in [0.29, 0.717) is 30.8 Å². The molecule has 0 spiro atoms. The summed E-state index contributed by atoms with van der Waals surface area (Å²) in [5.74, 6) is 0.298. The van der Waals surface area contributed by atoms with Crippen LogP contribution in [0.2, 0.25) is 0 Å². The summed E-state index contributed by atoms with van der Waals surface area (Å²) in [6.07, 6.45) is 7.56. The molecule has 1 heterocycles. The molecule has 3 atom stereocenters. The van der Waals surface area contributed by atoms with E-state index in [1.165, 1.54) is 12.8 Å². The van der Waals surface area contributed by atoms with Crippen LogP contribution in [0.3, 0.4) is 0 Å². The molecule has 2 amide bonds. The molecular weight excluding hydrogens is 268 g/mol. The maximum Gasteiger partial charge on any atom is 0.317 e. The van der Waals surface area contributed by atoms with Crippen LogP contribution in [0.1, 0.15) is 58.3 Å². The van der Waals surface area contributed by atoms with Crippen molar-refractivity contribution in [3.8, 4) is 0 Å². The van der Waals surface area contributed by atoms with Crippen LogP contribution in [-0.4, -0.2) is 41.1 Å². The number of carbonyl (C=O) groups is 2. The van der Waals surface area contributed by atoms with Crippen molar-refractivity contribution in [2.75, 3.05) is 13.1 Å². The van der Waals surface area contributed by atoms with Crippen molar-refractivity contribution >= 4 is 12.0 Å². The molecule has 3 unspecified atom stereocenters. The van der Waals surface area contributed by atoms with Crippen LogP contribution in [0.4, 0.5) is 4.79 Å². The van der Waals surface area contributed by atoms with Gasteiger partial charge in [0.2, 0.25) is 0 Å². The minimum Gasteiger partial charge on any atom is -0.481 e. The number of hydrogen-bond donors (Lipinski definition) is 2. The summed E-state index contributed by atoms with van der Waals surface area (Å²) in [5.41, 5.74) is 0. The van der Waals surface area contributed by atoms with E-state index in [1.54, 1.807) is 0 Å². The zero-order valence-electron chi connectivity index (χ0n) is 13.0. The van der Waals surface area contributed by atoms with E-state index in [1.807, 2.05) is 4.90 Å². The molecule has 2 rings (SSSR count). The number of carboxylic acids is 1. The van der Waals surface area contributed by atoms with Crippen LogP contribution in [0, 0.1) is 11.8 Å². The quantitative estimate of drug-likeness (QED) is 0.838. The zero-order chi connectivity index (χ0) is 15.2. The van der Waals surface area contributed by atoms with Crippen molar-refractivity contribution in [3.63, 3.8) is 0 Å². The molecule has 2 fully saturated rings. The van der Waals surface area contributed by atoms with Gasteiger partial charge in [0.15, 0.2) is 0 Å². The smallest absolute Gasteiger partial charge is 0.317 e. The topological polar surface area (TPSA) is 69.6 Å². The molecule has 0 aromatic heterocycles. The first kappa shape index (κ1) is 16.1. The van der Waals surface area contributed by atoms with Crippen LogP contribution in [0.15, 0.2) is 0 Å². The van der Waals surface area contributed by atoms with Crippen LogP contribution in [-0.2, 0) is 4.79 Å². The number of carbonyl (C=O) groups excluding carboxylic acids is 1. The van der Waals surface area contributed by atoms with Crippen molar-refractivity contribution in [1.82, 2.24) is 10.2 Å². The lowest BCUT2D eigenvalue weighted by Gasteiger charge is -2.35. The molecule has 1 aliphatic heterocycles. The molecule has 0 radical (unpaired) electrons. The van der Waals surface area contributed by atoms with Gasteiger partial charge < -0.3 is 15.3 Å². The third-order valence-corrected chi connectivity index (χ3v) is 4.84. The van der Waals surface area contributed by atoms with Gasteiger partial charge in [0.25, 0.3) is 0 Å². The van der Waals surface area contributed by atoms with Crippen LogP contribution >= 0.6 is 0 Å². The number of carboxylic acid groups (broad SMARTS) is 1. The Bertz CT molecular complexity index is 373. The van der Waals surface area contributed by atoms with E-state index < -0.39 is 5.97 Å². The molecule has 0 bridgehead atoms. The largest absolute Gasteiger partial charge is 0.481 e. The van der Waals surface area contributed by atoms with E-state index in [0.717, 1.165) is 32.2 Å². The molecule has 2 N–H and O–H groups in total. The molecule has 1 aliphatic carbocycles. The third kappa shape index (κ3) is 5.21. The molecule has 21 heavy (non-hydrogen) atoms. The molecule has 1 saturated heterocycles. The van der Waals surface area contributed by atoms with E-state index >= 15 is 0 Å². The number of piperidine rings is 1. The summed E-state index contributed by atoms with van der Waals surface area (Å²) in [5, 5.41) is 11.9. The van der Waals surface area contributed by atoms with Gasteiger partial charge in [-0.25, -0.2) is 4.79 Å². The average molecular weight is 296 g/mol. The van der Waals surface area contributed by atoms with Gasteiger partial charge in [-0.05, 0) is 43.9 Å². The van der Waals surface area contributed by atoms with Gasteiger partial charge in [-0.2, -0.15) is 0 Å². The summed E-state index contributed by atoms with van der Waals surface area (Å²) in [4.78, 5) is 24.9. The molecule has 120 valence electrons. The molecule has 5 nitrogen and oxygen atoms in total. The van der Waals surface area contributed by atoms with Crippen molar-refractivity contribution in [2.45, 2.75) is 64.3 Å². The fourth-order valence-electron chi connectivity index (χ4n) is 3.64. The lowest BCUT2D eigenvalue weighted by molar-refractivity contribution is -0.137. The fraction of sp³-hybridized carbons (Fsp3) is 0.875. The predicted octanol–water partition coefficient (Wildman–Crippen LogP) is 2.85. The van der Waals surface area contributed by atoms with E-state index in [9.17, 15) is 9.59 Å². The number of amides is 2. The van der Waals surface area contributed by atoms with Crippen molar-refractivity contribution < 1.29 is 14.7 Å². The van der Waals surface area contributed by atoms with E-state index in [-0.39, 0.29) is 12.5 Å². The zero-order valence-corrected chi connectivity index (χ0v) is 13.0. The van der Waals surface area contributed by atoms with Gasteiger partial charge in [0.05, 0.1) is 0 Å². The Morgan fingerprint density at radius 2 is 2.05 bits per heavy atom. The van der Waals surface area contributed by atoms with Gasteiger partial charge in [-0.1, -0.05) is 19.8 Å². The van der Waals surface area contributed by atoms with Crippen molar-refractivity contribution in [3.05, 3.63) is 0 Å². The Kier molecular flexibility index (Phi) is 5.88. The molecule has 5 heteroatoms. The van der Waals surface area contributed by atoms with Gasteiger partial charge in [0, 0.05) is 25.6 Å². The van der Waals surface area contributed by atoms with E-state index in [2.05, 4.69) is 12.2 Å². The molecule has 0 aromatic rings. The number of aliphatic carboxylic acids is 1. The molecule has 1 saturated carbocycles. The average Bonchev–Trinajstić information content (AvgIpc) is 2.45. The Hall–Kier alpha value is -1.26. The van der Waals surface area contributed by atoms with E-state index in [4.69, 9.17) is 5.11 Å². The highest BCUT2D eigenvalue weighted by Crippen LogP contribution is 2.25. The SMILES string of the molecule is CC1CCCC(NC(=O)N2CCCC(CCC(=O)O)C2)C1. The summed E-state index contributed by atoms with van der Waals surface area (Å²) >= 11 is 0. The highest BCUT2D eigenvalue weighted by molar-refractivity contribution is 5.74. The predicted molar refractivity (Wildman–Crippen MR) is 81.1 cm³/mol. The van der Waals surface area contributed by atoms with Gasteiger partial charge >= 0.3 is 12.0 Å². The maximum atomic E-state index is 12.4. The Labute approximate surface area is 127 Å². The Morgan fingerprint density at radius 3 is 2.76 bits per heavy atom. The number of hydrogen-bond acceptors (Lipinski definition) is 2. The van der Waals surface area contributed by atoms with Crippen LogP contribution in [0.25, 0.3) is 0 Å². The monoisotopic (exact) mass is 296 g/mol. The third-order valence-electron chi connectivity index (χ3n) is 4.84. The fourth-order valence-corrected chi connectivity index (χ4v) is 3.64. The first-order chi connectivity index (χ1) is 10.0. The molecular formula is C16H28N2O3. The first-order valence-corrected chi connectivity index (χ1v) is 8.32. The number of urea groups is 1. The Balaban J connectivity index is 1.77. The van der Waals surface area contributed by atoms with Gasteiger partial charge in [-0.15, -0.1) is 0 Å². The van der Waals surface area contributed by atoms with Crippen molar-refractivity contribution in [2.24, 2.45) is 11.8 Å². The second-order valence-corrected chi connectivity index (χ2v) is 6.80.